The van der Waals surface area contributed by atoms with Crippen molar-refractivity contribution in [3.63, 3.8) is 0 Å². The van der Waals surface area contributed by atoms with E-state index in [9.17, 15) is 8.42 Å². The van der Waals surface area contributed by atoms with Gasteiger partial charge in [0.2, 0.25) is 9.05 Å². The first-order valence-corrected chi connectivity index (χ1v) is 7.06. The third kappa shape index (κ3) is 7.28. The van der Waals surface area contributed by atoms with E-state index < -0.39 is 9.05 Å². The van der Waals surface area contributed by atoms with E-state index in [2.05, 4.69) is 0 Å². The number of halogens is 1. The Balaban J connectivity index is 1.83. The first-order chi connectivity index (χ1) is 6.08. The van der Waals surface area contributed by atoms with Crippen LogP contribution in [0.25, 0.3) is 0 Å². The van der Waals surface area contributed by atoms with Crippen molar-refractivity contribution in [3.8, 4) is 0 Å². The van der Waals surface area contributed by atoms with Crippen molar-refractivity contribution in [1.82, 2.24) is 0 Å². The van der Waals surface area contributed by atoms with Gasteiger partial charge in [-0.05, 0) is 18.8 Å². The second-order valence-electron chi connectivity index (χ2n) is 3.44. The molecule has 78 valence electrons. The highest BCUT2D eigenvalue weighted by Gasteiger charge is 2.19. The van der Waals surface area contributed by atoms with Gasteiger partial charge in [0.05, 0.1) is 12.4 Å². The molecule has 1 aliphatic rings. The zero-order valence-corrected chi connectivity index (χ0v) is 9.11. The van der Waals surface area contributed by atoms with Crippen molar-refractivity contribution in [3.05, 3.63) is 0 Å². The molecule has 0 aromatic carbocycles. The molecule has 1 saturated carbocycles. The van der Waals surface area contributed by atoms with Crippen molar-refractivity contribution in [2.24, 2.45) is 5.92 Å². The molecule has 1 rings (SSSR count). The van der Waals surface area contributed by atoms with Gasteiger partial charge < -0.3 is 4.74 Å². The molecule has 3 nitrogen and oxygen atoms in total. The summed E-state index contributed by atoms with van der Waals surface area (Å²) >= 11 is 0. The Hall–Kier alpha value is 0.200. The van der Waals surface area contributed by atoms with E-state index >= 15 is 0 Å². The van der Waals surface area contributed by atoms with Gasteiger partial charge >= 0.3 is 0 Å². The topological polar surface area (TPSA) is 43.4 Å². The van der Waals surface area contributed by atoms with Crippen LogP contribution in [-0.2, 0) is 13.8 Å². The molecule has 0 bridgehead atoms. The van der Waals surface area contributed by atoms with Crippen molar-refractivity contribution < 1.29 is 13.2 Å². The Labute approximate surface area is 83.8 Å². The minimum atomic E-state index is -3.37. The highest BCUT2D eigenvalue weighted by molar-refractivity contribution is 8.13. The molecular weight excluding hydrogens is 212 g/mol. The predicted octanol–water partition coefficient (Wildman–Crippen LogP) is 1.76. The lowest BCUT2D eigenvalue weighted by molar-refractivity contribution is 0.144. The Morgan fingerprint density at radius 2 is 2.00 bits per heavy atom. The molecule has 0 aromatic heterocycles. The van der Waals surface area contributed by atoms with Crippen LogP contribution in [-0.4, -0.2) is 27.4 Å². The number of ether oxygens (including phenoxy) is 1. The molecule has 0 heterocycles. The third-order valence-electron chi connectivity index (χ3n) is 2.07. The van der Waals surface area contributed by atoms with E-state index in [0.717, 1.165) is 12.3 Å². The smallest absolute Gasteiger partial charge is 0.234 e. The van der Waals surface area contributed by atoms with Crippen LogP contribution in [0.2, 0.25) is 0 Å². The number of rotatable bonds is 7. The van der Waals surface area contributed by atoms with Crippen molar-refractivity contribution >= 4 is 19.7 Å². The molecule has 1 aliphatic carbocycles. The summed E-state index contributed by atoms with van der Waals surface area (Å²) in [5.74, 6) is 0.832. The van der Waals surface area contributed by atoms with Gasteiger partial charge in [-0.1, -0.05) is 12.8 Å². The van der Waals surface area contributed by atoms with E-state index in [4.69, 9.17) is 15.4 Å². The number of hydrogen-bond acceptors (Lipinski definition) is 3. The van der Waals surface area contributed by atoms with Gasteiger partial charge in [0.25, 0.3) is 0 Å². The Morgan fingerprint density at radius 1 is 1.31 bits per heavy atom. The second kappa shape index (κ2) is 5.17. The van der Waals surface area contributed by atoms with Crippen molar-refractivity contribution in [2.45, 2.75) is 25.7 Å². The van der Waals surface area contributed by atoms with Gasteiger partial charge in [-0.15, -0.1) is 0 Å². The highest BCUT2D eigenvalue weighted by Crippen LogP contribution is 2.33. The standard InChI is InChI=1S/C8H15ClO3S/c9-13(10,11)7-6-12-5-1-2-8-3-4-8/h8H,1-7H2. The van der Waals surface area contributed by atoms with Gasteiger partial charge in [0.15, 0.2) is 0 Å². The SMILES string of the molecule is O=S(=O)(Cl)CCOCCCC1CC1. The van der Waals surface area contributed by atoms with Gasteiger partial charge in [-0.2, -0.15) is 0 Å². The molecule has 0 amide bonds. The minimum absolute atomic E-state index is 0.0853. The summed E-state index contributed by atoms with van der Waals surface area (Å²) in [4.78, 5) is 0. The molecule has 0 atom stereocenters. The van der Waals surface area contributed by atoms with Gasteiger partial charge in [-0.3, -0.25) is 0 Å². The Morgan fingerprint density at radius 3 is 2.54 bits per heavy atom. The van der Waals surface area contributed by atoms with Crippen molar-refractivity contribution in [2.75, 3.05) is 19.0 Å². The molecule has 0 spiro atoms. The predicted molar refractivity (Wildman–Crippen MR) is 52.4 cm³/mol. The van der Waals surface area contributed by atoms with Crippen LogP contribution in [0, 0.1) is 5.92 Å². The normalized spacial score (nSPS) is 17.6. The fourth-order valence-electron chi connectivity index (χ4n) is 1.14. The lowest BCUT2D eigenvalue weighted by atomic mass is 10.2. The molecule has 0 radical (unpaired) electrons. The summed E-state index contributed by atoms with van der Waals surface area (Å²) in [6, 6.07) is 0. The maximum atomic E-state index is 10.5. The molecule has 0 saturated heterocycles. The van der Waals surface area contributed by atoms with E-state index in [-0.39, 0.29) is 12.4 Å². The Kier molecular flexibility index (Phi) is 4.49. The van der Waals surface area contributed by atoms with Crippen LogP contribution in [0.3, 0.4) is 0 Å². The van der Waals surface area contributed by atoms with Crippen LogP contribution < -0.4 is 0 Å². The van der Waals surface area contributed by atoms with E-state index in [1.807, 2.05) is 0 Å². The van der Waals surface area contributed by atoms with E-state index in [1.165, 1.54) is 19.3 Å². The monoisotopic (exact) mass is 226 g/mol. The van der Waals surface area contributed by atoms with Crippen LogP contribution in [0.4, 0.5) is 0 Å². The summed E-state index contributed by atoms with van der Waals surface area (Å²) in [7, 11) is 1.63. The lowest BCUT2D eigenvalue weighted by Gasteiger charge is -2.01. The largest absolute Gasteiger partial charge is 0.380 e. The van der Waals surface area contributed by atoms with Crippen molar-refractivity contribution in [1.29, 1.82) is 0 Å². The zero-order valence-electron chi connectivity index (χ0n) is 7.54. The molecule has 1 fully saturated rings. The summed E-state index contributed by atoms with van der Waals surface area (Å²) in [6.45, 7) is 0.874. The summed E-state index contributed by atoms with van der Waals surface area (Å²) in [5, 5.41) is 0. The fourth-order valence-corrected chi connectivity index (χ4v) is 1.65. The molecule has 13 heavy (non-hydrogen) atoms. The summed E-state index contributed by atoms with van der Waals surface area (Å²) < 4.78 is 26.1. The molecule has 5 heteroatoms. The van der Waals surface area contributed by atoms with Crippen LogP contribution in [0.1, 0.15) is 25.7 Å². The van der Waals surface area contributed by atoms with E-state index in [0.29, 0.717) is 6.61 Å². The van der Waals surface area contributed by atoms with Gasteiger partial charge in [0.1, 0.15) is 0 Å². The van der Waals surface area contributed by atoms with Crippen LogP contribution in [0.15, 0.2) is 0 Å². The minimum Gasteiger partial charge on any atom is -0.380 e. The van der Waals surface area contributed by atoms with Gasteiger partial charge in [-0.25, -0.2) is 8.42 Å². The molecule has 0 aliphatic heterocycles. The number of hydrogen-bond donors (Lipinski definition) is 0. The second-order valence-corrected chi connectivity index (χ2v) is 6.34. The average molecular weight is 227 g/mol. The molecule has 0 aromatic rings. The maximum absolute atomic E-state index is 10.5. The van der Waals surface area contributed by atoms with Crippen LogP contribution in [0.5, 0.6) is 0 Å². The van der Waals surface area contributed by atoms with Gasteiger partial charge in [0, 0.05) is 17.3 Å². The maximum Gasteiger partial charge on any atom is 0.234 e. The summed E-state index contributed by atoms with van der Waals surface area (Å²) in [6.07, 6.45) is 4.97. The van der Waals surface area contributed by atoms with E-state index in [1.54, 1.807) is 0 Å². The summed E-state index contributed by atoms with van der Waals surface area (Å²) in [5.41, 5.74) is 0. The molecule has 0 N–H and O–H groups in total. The fraction of sp³-hybridized carbons (Fsp3) is 1.00. The zero-order chi connectivity index (χ0) is 9.73. The highest BCUT2D eigenvalue weighted by atomic mass is 35.7. The lowest BCUT2D eigenvalue weighted by Crippen LogP contribution is -2.07. The molecular formula is C8H15ClO3S. The Bertz CT molecular complexity index is 234. The quantitative estimate of drug-likeness (QED) is 0.491. The first-order valence-electron chi connectivity index (χ1n) is 4.58. The van der Waals surface area contributed by atoms with Crippen LogP contribution >= 0.6 is 10.7 Å². The third-order valence-corrected chi connectivity index (χ3v) is 3.19. The molecule has 0 unspecified atom stereocenters. The average Bonchev–Trinajstić information content (AvgIpc) is 2.77. The first kappa shape index (κ1) is 11.3.